The van der Waals surface area contributed by atoms with Crippen molar-refractivity contribution in [3.8, 4) is 5.75 Å². The van der Waals surface area contributed by atoms with E-state index in [1.54, 1.807) is 6.92 Å². The summed E-state index contributed by atoms with van der Waals surface area (Å²) >= 11 is 0. The van der Waals surface area contributed by atoms with Gasteiger partial charge >= 0.3 is 0 Å². The fourth-order valence-corrected chi connectivity index (χ4v) is 2.46. The van der Waals surface area contributed by atoms with Crippen LogP contribution in [-0.4, -0.2) is 25.1 Å². The van der Waals surface area contributed by atoms with E-state index >= 15 is 0 Å². The highest BCUT2D eigenvalue weighted by Crippen LogP contribution is 2.18. The largest absolute Gasteiger partial charge is 0.481 e. The van der Waals surface area contributed by atoms with E-state index in [0.717, 1.165) is 30.0 Å². The number of hydrogen-bond donors (Lipinski definition) is 1. The molecule has 0 heterocycles. The van der Waals surface area contributed by atoms with Crippen LogP contribution in [0.2, 0.25) is 0 Å². The quantitative estimate of drug-likeness (QED) is 0.827. The molecule has 0 saturated heterocycles. The number of amides is 1. The number of anilines is 2. The van der Waals surface area contributed by atoms with E-state index in [2.05, 4.69) is 24.1 Å². The topological polar surface area (TPSA) is 41.6 Å². The van der Waals surface area contributed by atoms with Crippen molar-refractivity contribution < 1.29 is 9.53 Å². The number of ether oxygens (including phenoxy) is 1. The van der Waals surface area contributed by atoms with Gasteiger partial charge in [-0.3, -0.25) is 4.79 Å². The molecule has 0 aliphatic heterocycles. The van der Waals surface area contributed by atoms with Gasteiger partial charge in [0.2, 0.25) is 0 Å². The number of rotatable bonds is 7. The molecule has 0 saturated carbocycles. The predicted octanol–water partition coefficient (Wildman–Crippen LogP) is 4.25. The molecule has 1 atom stereocenters. The molecule has 1 amide bonds. The molecular weight excluding hydrogens is 300 g/mol. The highest BCUT2D eigenvalue weighted by atomic mass is 16.5. The van der Waals surface area contributed by atoms with Crippen molar-refractivity contribution in [1.82, 2.24) is 0 Å². The second-order valence-electron chi connectivity index (χ2n) is 5.78. The molecule has 0 bridgehead atoms. The maximum Gasteiger partial charge on any atom is 0.265 e. The Morgan fingerprint density at radius 1 is 1.04 bits per heavy atom. The van der Waals surface area contributed by atoms with Crippen molar-refractivity contribution in [3.05, 3.63) is 54.1 Å². The Kier molecular flexibility index (Phi) is 6.24. The maximum absolute atomic E-state index is 12.3. The van der Waals surface area contributed by atoms with Gasteiger partial charge in [-0.2, -0.15) is 0 Å². The van der Waals surface area contributed by atoms with Gasteiger partial charge in [-0.05, 0) is 64.1 Å². The van der Waals surface area contributed by atoms with Gasteiger partial charge in [0.25, 0.3) is 5.91 Å². The summed E-state index contributed by atoms with van der Waals surface area (Å²) in [4.78, 5) is 14.5. The highest BCUT2D eigenvalue weighted by Gasteiger charge is 2.15. The molecule has 0 aliphatic rings. The Balaban J connectivity index is 1.94. The third-order valence-electron chi connectivity index (χ3n) is 3.97. The van der Waals surface area contributed by atoms with Gasteiger partial charge in [-0.25, -0.2) is 0 Å². The average molecular weight is 326 g/mol. The Hall–Kier alpha value is -2.49. The third-order valence-corrected chi connectivity index (χ3v) is 3.97. The summed E-state index contributed by atoms with van der Waals surface area (Å²) in [5, 5.41) is 2.89. The van der Waals surface area contributed by atoms with Crippen molar-refractivity contribution in [2.75, 3.05) is 23.3 Å². The maximum atomic E-state index is 12.3. The summed E-state index contributed by atoms with van der Waals surface area (Å²) in [6, 6.07) is 15.6. The molecule has 4 heteroatoms. The van der Waals surface area contributed by atoms with E-state index in [4.69, 9.17) is 4.74 Å². The fourth-order valence-electron chi connectivity index (χ4n) is 2.46. The monoisotopic (exact) mass is 326 g/mol. The number of carbonyl (C=O) groups is 1. The van der Waals surface area contributed by atoms with E-state index < -0.39 is 6.10 Å². The number of hydrogen-bond acceptors (Lipinski definition) is 3. The van der Waals surface area contributed by atoms with Crippen molar-refractivity contribution in [2.24, 2.45) is 0 Å². The number of nitrogens with one attached hydrogen (secondary N) is 1. The Labute approximate surface area is 144 Å². The molecule has 1 N–H and O–H groups in total. The van der Waals surface area contributed by atoms with Crippen LogP contribution in [0.25, 0.3) is 0 Å². The van der Waals surface area contributed by atoms with Gasteiger partial charge in [0.05, 0.1) is 0 Å². The molecule has 1 unspecified atom stereocenters. The standard InChI is InChI=1S/C20H26N2O2/c1-5-22(6-2)18-11-9-17(10-12-18)21-20(23)16(4)24-19-13-7-15(3)8-14-19/h7-14,16H,5-6H2,1-4H3,(H,21,23). The molecule has 4 nitrogen and oxygen atoms in total. The SMILES string of the molecule is CCN(CC)c1ccc(NC(=O)C(C)Oc2ccc(C)cc2)cc1. The molecule has 24 heavy (non-hydrogen) atoms. The second kappa shape index (κ2) is 8.39. The first-order valence-electron chi connectivity index (χ1n) is 8.42. The zero-order valence-corrected chi connectivity index (χ0v) is 14.9. The van der Waals surface area contributed by atoms with Crippen LogP contribution in [0.15, 0.2) is 48.5 Å². The second-order valence-corrected chi connectivity index (χ2v) is 5.78. The lowest BCUT2D eigenvalue weighted by Gasteiger charge is -2.21. The number of nitrogens with zero attached hydrogens (tertiary/aromatic N) is 1. The molecular formula is C20H26N2O2. The third kappa shape index (κ3) is 4.75. The summed E-state index contributed by atoms with van der Waals surface area (Å²) in [5.74, 6) is 0.534. The van der Waals surface area contributed by atoms with Gasteiger partial charge in [0, 0.05) is 24.5 Å². The molecule has 2 aromatic carbocycles. The van der Waals surface area contributed by atoms with Crippen molar-refractivity contribution >= 4 is 17.3 Å². The first kappa shape index (κ1) is 17.9. The summed E-state index contributed by atoms with van der Waals surface area (Å²) in [7, 11) is 0. The van der Waals surface area contributed by atoms with E-state index in [-0.39, 0.29) is 5.91 Å². The van der Waals surface area contributed by atoms with Crippen LogP contribution in [-0.2, 0) is 4.79 Å². The first-order valence-corrected chi connectivity index (χ1v) is 8.42. The normalized spacial score (nSPS) is 11.7. The molecule has 0 spiro atoms. The first-order chi connectivity index (χ1) is 11.5. The average Bonchev–Trinajstić information content (AvgIpc) is 2.59. The van der Waals surface area contributed by atoms with Crippen molar-refractivity contribution in [2.45, 2.75) is 33.8 Å². The molecule has 128 valence electrons. The Morgan fingerprint density at radius 2 is 1.62 bits per heavy atom. The Bertz CT molecular complexity index is 646. The Morgan fingerprint density at radius 3 is 2.17 bits per heavy atom. The lowest BCUT2D eigenvalue weighted by atomic mass is 10.2. The highest BCUT2D eigenvalue weighted by molar-refractivity contribution is 5.94. The lowest BCUT2D eigenvalue weighted by molar-refractivity contribution is -0.122. The zero-order valence-electron chi connectivity index (χ0n) is 14.9. The molecule has 2 rings (SSSR count). The van der Waals surface area contributed by atoms with Gasteiger partial charge in [-0.1, -0.05) is 17.7 Å². The molecule has 2 aromatic rings. The predicted molar refractivity (Wildman–Crippen MR) is 99.9 cm³/mol. The molecule has 0 aromatic heterocycles. The van der Waals surface area contributed by atoms with Gasteiger partial charge in [0.15, 0.2) is 6.10 Å². The van der Waals surface area contributed by atoms with Crippen LogP contribution in [0, 0.1) is 6.92 Å². The summed E-state index contributed by atoms with van der Waals surface area (Å²) < 4.78 is 5.68. The van der Waals surface area contributed by atoms with E-state index in [1.165, 1.54) is 0 Å². The molecule has 0 fully saturated rings. The number of benzene rings is 2. The lowest BCUT2D eigenvalue weighted by Crippen LogP contribution is -2.30. The van der Waals surface area contributed by atoms with Crippen LogP contribution in [0.1, 0.15) is 26.3 Å². The van der Waals surface area contributed by atoms with Crippen LogP contribution in [0.4, 0.5) is 11.4 Å². The number of aryl methyl sites for hydroxylation is 1. The summed E-state index contributed by atoms with van der Waals surface area (Å²) in [6.07, 6.45) is -0.560. The minimum absolute atomic E-state index is 0.161. The summed E-state index contributed by atoms with van der Waals surface area (Å²) in [6.45, 7) is 9.95. The van der Waals surface area contributed by atoms with Gasteiger partial charge < -0.3 is 15.0 Å². The van der Waals surface area contributed by atoms with Gasteiger partial charge in [-0.15, -0.1) is 0 Å². The molecule has 0 aliphatic carbocycles. The van der Waals surface area contributed by atoms with Gasteiger partial charge in [0.1, 0.15) is 5.75 Å². The zero-order chi connectivity index (χ0) is 17.5. The van der Waals surface area contributed by atoms with Crippen LogP contribution >= 0.6 is 0 Å². The van der Waals surface area contributed by atoms with E-state index in [1.807, 2.05) is 55.5 Å². The van der Waals surface area contributed by atoms with Crippen LogP contribution in [0.3, 0.4) is 0 Å². The summed E-state index contributed by atoms with van der Waals surface area (Å²) in [5.41, 5.74) is 3.09. The van der Waals surface area contributed by atoms with E-state index in [9.17, 15) is 4.79 Å². The van der Waals surface area contributed by atoms with Crippen LogP contribution < -0.4 is 15.0 Å². The minimum atomic E-state index is -0.560. The fraction of sp³-hybridized carbons (Fsp3) is 0.350. The van der Waals surface area contributed by atoms with Crippen molar-refractivity contribution in [3.63, 3.8) is 0 Å². The van der Waals surface area contributed by atoms with Crippen LogP contribution in [0.5, 0.6) is 5.75 Å². The molecule has 0 radical (unpaired) electrons. The van der Waals surface area contributed by atoms with Crippen molar-refractivity contribution in [1.29, 1.82) is 0 Å². The smallest absolute Gasteiger partial charge is 0.265 e. The number of carbonyl (C=O) groups excluding carboxylic acids is 1. The van der Waals surface area contributed by atoms with E-state index in [0.29, 0.717) is 5.75 Å². The minimum Gasteiger partial charge on any atom is -0.481 e.